The summed E-state index contributed by atoms with van der Waals surface area (Å²) in [6.45, 7) is 1.29. The van der Waals surface area contributed by atoms with Gasteiger partial charge in [-0.15, -0.1) is 0 Å². The van der Waals surface area contributed by atoms with Crippen LogP contribution in [0.2, 0.25) is 0 Å². The van der Waals surface area contributed by atoms with Gasteiger partial charge in [-0.3, -0.25) is 9.69 Å². The summed E-state index contributed by atoms with van der Waals surface area (Å²) in [7, 11) is 0. The van der Waals surface area contributed by atoms with E-state index in [2.05, 4.69) is 5.32 Å². The topological polar surface area (TPSA) is 99.5 Å². The zero-order valence-electron chi connectivity index (χ0n) is 14.6. The van der Waals surface area contributed by atoms with Crippen molar-refractivity contribution in [3.05, 3.63) is 65.7 Å². The Labute approximate surface area is 156 Å². The first-order valence-electron chi connectivity index (χ1n) is 8.40. The number of imide groups is 1. The minimum atomic E-state index is -1.19. The van der Waals surface area contributed by atoms with Gasteiger partial charge >= 0.3 is 12.0 Å². The molecule has 0 spiro atoms. The monoisotopic (exact) mass is 363 g/mol. The fraction of sp³-hybridized carbons (Fsp3) is 0.200. The molecular formula is C20H17N3O4. The lowest BCUT2D eigenvalue weighted by atomic mass is 9.87. The van der Waals surface area contributed by atoms with E-state index < -0.39 is 30.0 Å². The fourth-order valence-electron chi connectivity index (χ4n) is 3.02. The molecule has 7 heteroatoms. The maximum absolute atomic E-state index is 12.9. The highest BCUT2D eigenvalue weighted by Gasteiger charge is 2.51. The molecule has 1 fully saturated rings. The summed E-state index contributed by atoms with van der Waals surface area (Å²) < 4.78 is 5.16. The van der Waals surface area contributed by atoms with Crippen LogP contribution in [0, 0.1) is 11.3 Å². The van der Waals surface area contributed by atoms with Gasteiger partial charge in [0.1, 0.15) is 17.8 Å². The number of ether oxygens (including phenoxy) is 1. The van der Waals surface area contributed by atoms with Gasteiger partial charge in [-0.1, -0.05) is 37.3 Å². The van der Waals surface area contributed by atoms with Crippen molar-refractivity contribution in [1.29, 1.82) is 5.26 Å². The van der Waals surface area contributed by atoms with Crippen molar-refractivity contribution in [1.82, 2.24) is 10.2 Å². The van der Waals surface area contributed by atoms with Crippen LogP contribution in [0.15, 0.2) is 54.6 Å². The van der Waals surface area contributed by atoms with Crippen LogP contribution in [0.5, 0.6) is 5.75 Å². The van der Waals surface area contributed by atoms with Crippen LogP contribution in [0.3, 0.4) is 0 Å². The SMILES string of the molecule is CCC1(c2ccccc2)NC(=O)N(CC(=O)Oc2ccc(C#N)cc2)C1=O. The van der Waals surface area contributed by atoms with Crippen molar-refractivity contribution in [2.45, 2.75) is 18.9 Å². The second-order valence-corrected chi connectivity index (χ2v) is 6.06. The highest BCUT2D eigenvalue weighted by atomic mass is 16.5. The second-order valence-electron chi connectivity index (χ2n) is 6.06. The maximum atomic E-state index is 12.9. The van der Waals surface area contributed by atoms with Gasteiger partial charge < -0.3 is 10.1 Å². The van der Waals surface area contributed by atoms with Crippen LogP contribution in [-0.2, 0) is 15.1 Å². The highest BCUT2D eigenvalue weighted by Crippen LogP contribution is 2.32. The van der Waals surface area contributed by atoms with E-state index in [0.717, 1.165) is 4.90 Å². The molecule has 0 aromatic heterocycles. The van der Waals surface area contributed by atoms with Gasteiger partial charge in [-0.05, 0) is 36.2 Å². The van der Waals surface area contributed by atoms with Gasteiger partial charge in [0.15, 0.2) is 0 Å². The molecule has 1 heterocycles. The molecule has 1 aliphatic rings. The summed E-state index contributed by atoms with van der Waals surface area (Å²) in [5, 5.41) is 11.5. The Hall–Kier alpha value is -3.66. The Kier molecular flexibility index (Phi) is 4.90. The second kappa shape index (κ2) is 7.30. The van der Waals surface area contributed by atoms with Crippen LogP contribution in [0.1, 0.15) is 24.5 Å². The van der Waals surface area contributed by atoms with E-state index in [1.54, 1.807) is 31.2 Å². The standard InChI is InChI=1S/C20H17N3O4/c1-2-20(15-6-4-3-5-7-15)18(25)23(19(26)22-20)13-17(24)27-16-10-8-14(12-21)9-11-16/h3-11H,2,13H2,1H3,(H,22,26). The van der Waals surface area contributed by atoms with Gasteiger partial charge in [0, 0.05) is 0 Å². The average Bonchev–Trinajstić information content (AvgIpc) is 2.94. The predicted octanol–water partition coefficient (Wildman–Crippen LogP) is 2.32. The number of carbonyl (C=O) groups is 3. The van der Waals surface area contributed by atoms with Gasteiger partial charge in [0.05, 0.1) is 11.6 Å². The van der Waals surface area contributed by atoms with Crippen LogP contribution >= 0.6 is 0 Å². The molecule has 1 atom stereocenters. The van der Waals surface area contributed by atoms with Crippen LogP contribution in [-0.4, -0.2) is 29.4 Å². The molecule has 0 aliphatic carbocycles. The van der Waals surface area contributed by atoms with Crippen LogP contribution < -0.4 is 10.1 Å². The molecular weight excluding hydrogens is 346 g/mol. The third-order valence-electron chi connectivity index (χ3n) is 4.47. The van der Waals surface area contributed by atoms with Crippen LogP contribution in [0.4, 0.5) is 4.79 Å². The molecule has 0 saturated carbocycles. The van der Waals surface area contributed by atoms with Crippen molar-refractivity contribution in [2.75, 3.05) is 6.54 Å². The van der Waals surface area contributed by atoms with Crippen LogP contribution in [0.25, 0.3) is 0 Å². The number of nitriles is 1. The molecule has 1 N–H and O–H groups in total. The minimum Gasteiger partial charge on any atom is -0.425 e. The summed E-state index contributed by atoms with van der Waals surface area (Å²) in [6.07, 6.45) is 0.350. The lowest BCUT2D eigenvalue weighted by Gasteiger charge is -2.25. The summed E-state index contributed by atoms with van der Waals surface area (Å²) in [5.41, 5.74) is -0.0964. The zero-order chi connectivity index (χ0) is 19.4. The number of nitrogens with one attached hydrogen (secondary N) is 1. The summed E-state index contributed by atoms with van der Waals surface area (Å²) in [5.74, 6) is -1.00. The number of nitrogens with zero attached hydrogens (tertiary/aromatic N) is 2. The number of hydrogen-bond donors (Lipinski definition) is 1. The third-order valence-corrected chi connectivity index (χ3v) is 4.47. The average molecular weight is 363 g/mol. The lowest BCUT2D eigenvalue weighted by molar-refractivity contribution is -0.141. The molecule has 27 heavy (non-hydrogen) atoms. The molecule has 7 nitrogen and oxygen atoms in total. The Balaban J connectivity index is 1.75. The predicted molar refractivity (Wildman–Crippen MR) is 95.4 cm³/mol. The van der Waals surface area contributed by atoms with E-state index in [1.807, 2.05) is 12.1 Å². The number of amides is 3. The summed E-state index contributed by atoms with van der Waals surface area (Å²) in [6, 6.07) is 16.2. The molecule has 3 rings (SSSR count). The summed E-state index contributed by atoms with van der Waals surface area (Å²) >= 11 is 0. The lowest BCUT2D eigenvalue weighted by Crippen LogP contribution is -2.44. The number of esters is 1. The van der Waals surface area contributed by atoms with Gasteiger partial charge in [-0.2, -0.15) is 5.26 Å². The van der Waals surface area contributed by atoms with Crippen molar-refractivity contribution in [3.8, 4) is 11.8 Å². The van der Waals surface area contributed by atoms with E-state index in [9.17, 15) is 14.4 Å². The number of urea groups is 1. The molecule has 0 radical (unpaired) electrons. The highest BCUT2D eigenvalue weighted by molar-refractivity contribution is 6.09. The molecule has 136 valence electrons. The first-order valence-corrected chi connectivity index (χ1v) is 8.40. The van der Waals surface area contributed by atoms with E-state index in [0.29, 0.717) is 17.5 Å². The molecule has 3 amide bonds. The van der Waals surface area contributed by atoms with E-state index in [-0.39, 0.29) is 5.75 Å². The Morgan fingerprint density at radius 2 is 1.81 bits per heavy atom. The minimum absolute atomic E-state index is 0.232. The molecule has 1 unspecified atom stereocenters. The molecule has 2 aromatic carbocycles. The number of carbonyl (C=O) groups excluding carboxylic acids is 3. The normalized spacial score (nSPS) is 18.7. The van der Waals surface area contributed by atoms with Crippen molar-refractivity contribution in [3.63, 3.8) is 0 Å². The van der Waals surface area contributed by atoms with Gasteiger partial charge in [0.25, 0.3) is 5.91 Å². The Morgan fingerprint density at radius 3 is 2.41 bits per heavy atom. The largest absolute Gasteiger partial charge is 0.425 e. The quantitative estimate of drug-likeness (QED) is 0.499. The number of benzene rings is 2. The smallest absolute Gasteiger partial charge is 0.331 e. The number of hydrogen-bond acceptors (Lipinski definition) is 5. The Bertz CT molecular complexity index is 918. The van der Waals surface area contributed by atoms with Crippen molar-refractivity contribution < 1.29 is 19.1 Å². The number of rotatable bonds is 5. The molecule has 0 bridgehead atoms. The van der Waals surface area contributed by atoms with Crippen molar-refractivity contribution >= 4 is 17.9 Å². The molecule has 1 aliphatic heterocycles. The van der Waals surface area contributed by atoms with E-state index >= 15 is 0 Å². The van der Waals surface area contributed by atoms with Gasteiger partial charge in [0.2, 0.25) is 0 Å². The van der Waals surface area contributed by atoms with Crippen molar-refractivity contribution in [2.24, 2.45) is 0 Å². The van der Waals surface area contributed by atoms with E-state index in [4.69, 9.17) is 10.00 Å². The van der Waals surface area contributed by atoms with Gasteiger partial charge in [-0.25, -0.2) is 9.59 Å². The zero-order valence-corrected chi connectivity index (χ0v) is 14.6. The third kappa shape index (κ3) is 3.37. The molecule has 2 aromatic rings. The molecule has 1 saturated heterocycles. The first-order chi connectivity index (χ1) is 13.0. The first kappa shape index (κ1) is 18.1. The Morgan fingerprint density at radius 1 is 1.15 bits per heavy atom. The summed E-state index contributed by atoms with van der Waals surface area (Å²) in [4.78, 5) is 38.3. The fourth-order valence-corrected chi connectivity index (χ4v) is 3.02. The van der Waals surface area contributed by atoms with E-state index in [1.165, 1.54) is 24.3 Å². The maximum Gasteiger partial charge on any atom is 0.331 e.